The molecule has 1 atom stereocenters. The van der Waals surface area contributed by atoms with Gasteiger partial charge >= 0.3 is 0 Å². The molecule has 5 heteroatoms. The van der Waals surface area contributed by atoms with Gasteiger partial charge < -0.3 is 4.98 Å². The van der Waals surface area contributed by atoms with Crippen molar-refractivity contribution < 1.29 is 0 Å². The van der Waals surface area contributed by atoms with E-state index >= 15 is 0 Å². The molecule has 2 fully saturated rings. The topological polar surface area (TPSA) is 59.0 Å². The fourth-order valence-electron chi connectivity index (χ4n) is 3.59. The van der Waals surface area contributed by atoms with Gasteiger partial charge in [0.2, 0.25) is 0 Å². The van der Waals surface area contributed by atoms with Crippen molar-refractivity contribution in [3.8, 4) is 6.07 Å². The predicted molar refractivity (Wildman–Crippen MR) is 77.1 cm³/mol. The molecule has 0 aromatic carbocycles. The zero-order valence-electron chi connectivity index (χ0n) is 12.2. The van der Waals surface area contributed by atoms with E-state index in [1.807, 2.05) is 6.92 Å². The predicted octanol–water partition coefficient (Wildman–Crippen LogP) is 1.84. The van der Waals surface area contributed by atoms with Crippen molar-refractivity contribution in [2.45, 2.75) is 44.7 Å². The molecule has 1 unspecified atom stereocenters. The number of nitrogens with zero attached hydrogens (tertiary/aromatic N) is 4. The van der Waals surface area contributed by atoms with E-state index in [2.05, 4.69) is 25.8 Å². The van der Waals surface area contributed by atoms with Gasteiger partial charge in [-0.2, -0.15) is 5.26 Å². The van der Waals surface area contributed by atoms with Crippen molar-refractivity contribution in [1.29, 1.82) is 5.26 Å². The van der Waals surface area contributed by atoms with Crippen LogP contribution in [0.1, 0.15) is 43.1 Å². The summed E-state index contributed by atoms with van der Waals surface area (Å²) in [5.74, 6) is 0. The number of H-pyrrole nitrogens is 1. The Kier molecular flexibility index (Phi) is 4.04. The SMILES string of the molecule is Cc1[nH]cnc1C(C#N)N1CCN(C2CCCC2)CC1. The van der Waals surface area contributed by atoms with Crippen LogP contribution in [-0.4, -0.2) is 52.0 Å². The van der Waals surface area contributed by atoms with Gasteiger partial charge in [0.1, 0.15) is 6.04 Å². The highest BCUT2D eigenvalue weighted by Gasteiger charge is 2.30. The first-order valence-electron chi connectivity index (χ1n) is 7.67. The molecule has 1 aliphatic carbocycles. The molecular formula is C15H23N5. The molecule has 0 radical (unpaired) electrons. The van der Waals surface area contributed by atoms with E-state index in [1.165, 1.54) is 25.7 Å². The van der Waals surface area contributed by atoms with Gasteiger partial charge in [0.25, 0.3) is 0 Å². The van der Waals surface area contributed by atoms with Gasteiger partial charge in [-0.1, -0.05) is 12.8 Å². The van der Waals surface area contributed by atoms with Crippen molar-refractivity contribution in [1.82, 2.24) is 19.8 Å². The van der Waals surface area contributed by atoms with E-state index in [0.29, 0.717) is 0 Å². The molecule has 1 saturated carbocycles. The minimum Gasteiger partial charge on any atom is -0.348 e. The summed E-state index contributed by atoms with van der Waals surface area (Å²) in [4.78, 5) is 12.3. The lowest BCUT2D eigenvalue weighted by atomic mass is 10.1. The summed E-state index contributed by atoms with van der Waals surface area (Å²) < 4.78 is 0. The van der Waals surface area contributed by atoms with Crippen molar-refractivity contribution in [3.63, 3.8) is 0 Å². The average Bonchev–Trinajstić information content (AvgIpc) is 3.13. The lowest BCUT2D eigenvalue weighted by Gasteiger charge is -2.39. The van der Waals surface area contributed by atoms with Crippen LogP contribution in [0.25, 0.3) is 0 Å². The van der Waals surface area contributed by atoms with Crippen molar-refractivity contribution in [3.05, 3.63) is 17.7 Å². The van der Waals surface area contributed by atoms with E-state index in [0.717, 1.165) is 43.6 Å². The fraction of sp³-hybridized carbons (Fsp3) is 0.733. The quantitative estimate of drug-likeness (QED) is 0.913. The molecular weight excluding hydrogens is 250 g/mol. The van der Waals surface area contributed by atoms with Crippen LogP contribution in [0.4, 0.5) is 0 Å². The molecule has 2 aliphatic rings. The van der Waals surface area contributed by atoms with Gasteiger partial charge in [0.05, 0.1) is 18.1 Å². The largest absolute Gasteiger partial charge is 0.348 e. The number of imidazole rings is 1. The maximum absolute atomic E-state index is 9.49. The number of hydrogen-bond donors (Lipinski definition) is 1. The molecule has 1 aromatic rings. The monoisotopic (exact) mass is 273 g/mol. The number of piperazine rings is 1. The van der Waals surface area contributed by atoms with Crippen LogP contribution >= 0.6 is 0 Å². The Morgan fingerprint density at radius 2 is 2.00 bits per heavy atom. The summed E-state index contributed by atoms with van der Waals surface area (Å²) in [5, 5.41) is 9.49. The summed E-state index contributed by atoms with van der Waals surface area (Å²) >= 11 is 0. The Labute approximate surface area is 120 Å². The number of aromatic nitrogens is 2. The van der Waals surface area contributed by atoms with Crippen LogP contribution in [-0.2, 0) is 0 Å². The van der Waals surface area contributed by atoms with Gasteiger partial charge in [-0.05, 0) is 19.8 Å². The fourth-order valence-corrected chi connectivity index (χ4v) is 3.59. The number of rotatable bonds is 3. The van der Waals surface area contributed by atoms with Gasteiger partial charge in [0, 0.05) is 37.9 Å². The summed E-state index contributed by atoms with van der Waals surface area (Å²) in [6.07, 6.45) is 7.18. The maximum atomic E-state index is 9.49. The molecule has 2 heterocycles. The molecule has 1 aliphatic heterocycles. The van der Waals surface area contributed by atoms with Crippen LogP contribution in [0.2, 0.25) is 0 Å². The minimum atomic E-state index is -0.202. The van der Waals surface area contributed by atoms with Gasteiger partial charge in [-0.3, -0.25) is 9.80 Å². The third-order valence-electron chi connectivity index (χ3n) is 4.81. The lowest BCUT2D eigenvalue weighted by Crippen LogP contribution is -2.50. The first-order valence-corrected chi connectivity index (χ1v) is 7.67. The Morgan fingerprint density at radius 1 is 1.30 bits per heavy atom. The maximum Gasteiger partial charge on any atom is 0.142 e. The zero-order valence-corrected chi connectivity index (χ0v) is 12.2. The Balaban J connectivity index is 1.62. The third kappa shape index (κ3) is 2.58. The van der Waals surface area contributed by atoms with Crippen LogP contribution < -0.4 is 0 Å². The van der Waals surface area contributed by atoms with E-state index in [-0.39, 0.29) is 6.04 Å². The van der Waals surface area contributed by atoms with Crippen molar-refractivity contribution >= 4 is 0 Å². The Morgan fingerprint density at radius 3 is 2.55 bits per heavy atom. The van der Waals surface area contributed by atoms with Gasteiger partial charge in [-0.15, -0.1) is 0 Å². The molecule has 3 rings (SSSR count). The molecule has 0 spiro atoms. The summed E-state index contributed by atoms with van der Waals surface area (Å²) in [6, 6.07) is 3.02. The second-order valence-corrected chi connectivity index (χ2v) is 5.95. The van der Waals surface area contributed by atoms with E-state index in [1.54, 1.807) is 6.33 Å². The standard InChI is InChI=1S/C15H23N5/c1-12-15(18-11-17-12)14(10-16)20-8-6-19(7-9-20)13-4-2-3-5-13/h11,13-14H,2-9H2,1H3,(H,17,18). The second kappa shape index (κ2) is 5.94. The Bertz CT molecular complexity index is 475. The Hall–Kier alpha value is -1.38. The summed E-state index contributed by atoms with van der Waals surface area (Å²) in [5.41, 5.74) is 1.90. The number of nitriles is 1. The van der Waals surface area contributed by atoms with E-state index < -0.39 is 0 Å². The van der Waals surface area contributed by atoms with Gasteiger partial charge in [0.15, 0.2) is 0 Å². The number of hydrogen-bond acceptors (Lipinski definition) is 4. The molecule has 1 N–H and O–H groups in total. The highest BCUT2D eigenvalue weighted by molar-refractivity contribution is 5.20. The highest BCUT2D eigenvalue weighted by atomic mass is 15.3. The molecule has 20 heavy (non-hydrogen) atoms. The van der Waals surface area contributed by atoms with Crippen molar-refractivity contribution in [2.24, 2.45) is 0 Å². The molecule has 1 saturated heterocycles. The molecule has 5 nitrogen and oxygen atoms in total. The highest BCUT2D eigenvalue weighted by Crippen LogP contribution is 2.27. The lowest BCUT2D eigenvalue weighted by molar-refractivity contribution is 0.0830. The number of aromatic amines is 1. The smallest absolute Gasteiger partial charge is 0.142 e. The first kappa shape index (κ1) is 13.6. The van der Waals surface area contributed by atoms with Crippen LogP contribution in [0.5, 0.6) is 0 Å². The number of nitrogens with one attached hydrogen (secondary N) is 1. The van der Waals surface area contributed by atoms with Gasteiger partial charge in [-0.25, -0.2) is 4.98 Å². The summed E-state index contributed by atoms with van der Waals surface area (Å²) in [6.45, 7) is 6.11. The molecule has 108 valence electrons. The number of aryl methyl sites for hydroxylation is 1. The molecule has 0 amide bonds. The molecule has 0 bridgehead atoms. The molecule has 1 aromatic heterocycles. The van der Waals surface area contributed by atoms with Crippen molar-refractivity contribution in [2.75, 3.05) is 26.2 Å². The normalized spacial score (nSPS) is 23.8. The minimum absolute atomic E-state index is 0.202. The second-order valence-electron chi connectivity index (χ2n) is 5.95. The average molecular weight is 273 g/mol. The van der Waals surface area contributed by atoms with Crippen LogP contribution in [0.3, 0.4) is 0 Å². The van der Waals surface area contributed by atoms with Crippen LogP contribution in [0, 0.1) is 18.3 Å². The van der Waals surface area contributed by atoms with E-state index in [4.69, 9.17) is 0 Å². The summed E-state index contributed by atoms with van der Waals surface area (Å²) in [7, 11) is 0. The first-order chi connectivity index (χ1) is 9.79. The third-order valence-corrected chi connectivity index (χ3v) is 4.81. The van der Waals surface area contributed by atoms with E-state index in [9.17, 15) is 5.26 Å². The zero-order chi connectivity index (χ0) is 13.9. The van der Waals surface area contributed by atoms with Crippen LogP contribution in [0.15, 0.2) is 6.33 Å².